The number of rotatable bonds is 7. The van der Waals surface area contributed by atoms with Gasteiger partial charge in [-0.25, -0.2) is 9.36 Å². The van der Waals surface area contributed by atoms with Gasteiger partial charge in [0.1, 0.15) is 42.6 Å². The Kier molecular flexibility index (Phi) is 13.6. The van der Waals surface area contributed by atoms with Crippen molar-refractivity contribution in [2.75, 3.05) is 18.9 Å². The summed E-state index contributed by atoms with van der Waals surface area (Å²) < 4.78 is 15.1. The lowest BCUT2D eigenvalue weighted by molar-refractivity contribution is -0.115. The summed E-state index contributed by atoms with van der Waals surface area (Å²) in [5, 5.41) is 63.0. The molecule has 1 saturated heterocycles. The first-order valence-electron chi connectivity index (χ1n) is 9.01. The lowest BCUT2D eigenvalue weighted by atomic mass is 10.1. The molecule has 1 aliphatic rings. The van der Waals surface area contributed by atoms with E-state index in [1.165, 1.54) is 12.3 Å². The van der Waals surface area contributed by atoms with Gasteiger partial charge in [-0.3, -0.25) is 4.57 Å². The van der Waals surface area contributed by atoms with Crippen LogP contribution in [0.15, 0.2) is 17.1 Å². The molecular weight excluding hydrogens is 477 g/mol. The van der Waals surface area contributed by atoms with Crippen molar-refractivity contribution >= 4 is 19.9 Å². The number of anilines is 1. The van der Waals surface area contributed by atoms with Gasteiger partial charge in [-0.05, 0) is 6.07 Å². The van der Waals surface area contributed by atoms with Gasteiger partial charge >= 0.3 is 13.5 Å². The van der Waals surface area contributed by atoms with E-state index in [1.807, 2.05) is 0 Å². The summed E-state index contributed by atoms with van der Waals surface area (Å²) in [5.41, 5.74) is 4.63. The minimum Gasteiger partial charge on any atom is -0.394 e. The predicted molar refractivity (Wildman–Crippen MR) is 106 cm³/mol. The molecule has 0 amide bonds. The van der Waals surface area contributed by atoms with E-state index in [0.717, 1.165) is 4.57 Å². The van der Waals surface area contributed by atoms with Crippen LogP contribution in [0, 0.1) is 0 Å². The number of carbonyl (C=O) groups is 1. The molecule has 0 saturated carbocycles. The Balaban J connectivity index is 0.000000551. The summed E-state index contributed by atoms with van der Waals surface area (Å²) in [6.07, 6.45) is -7.27. The van der Waals surface area contributed by atoms with Crippen LogP contribution in [0.3, 0.4) is 0 Å². The first kappa shape index (κ1) is 31.1. The molecule has 1 aromatic rings. The van der Waals surface area contributed by atoms with Crippen molar-refractivity contribution in [1.29, 1.82) is 0 Å². The smallest absolute Gasteiger partial charge is 0.394 e. The molecule has 2 heterocycles. The van der Waals surface area contributed by atoms with E-state index in [9.17, 15) is 19.8 Å². The number of aliphatic hydroxyl groups excluding tert-OH is 7. The van der Waals surface area contributed by atoms with Crippen molar-refractivity contribution in [2.24, 2.45) is 0 Å². The molecule has 0 bridgehead atoms. The van der Waals surface area contributed by atoms with E-state index in [-0.39, 0.29) is 12.2 Å². The van der Waals surface area contributed by atoms with Gasteiger partial charge in [-0.1, -0.05) is 0 Å². The normalized spacial score (nSPS) is 25.0. The average Bonchev–Trinajstić information content (AvgIpc) is 3.00. The fraction of sp³-hybridized carbons (Fsp3) is 0.667. The number of nitrogen functional groups attached to an aromatic ring is 1. The third kappa shape index (κ3) is 11.2. The third-order valence-corrected chi connectivity index (χ3v) is 3.96. The molecule has 2 rings (SSSR count). The van der Waals surface area contributed by atoms with Crippen LogP contribution in [0.25, 0.3) is 0 Å². The molecule has 0 aliphatic carbocycles. The topological polar surface area (TPSA) is 307 Å². The SMILES string of the molecule is Nc1ccn([C@@H]2O[C@H](CO)[C@@H](O)[C@H]2O)c(=O)n1.O=CCC(O)C(O)C(O)CO.O=P(O)(O)O. The minimum atomic E-state index is -4.64. The standard InChI is InChI=1S/C9H13N3O5.C6H12O5.H3O4P/c10-5-1-2-12(9(16)11-5)8-7(15)6(14)4(3-13)17-8;7-2-1-4(9)6(11)5(10)3-8;1-5(2,3)4/h1-2,4,6-8,13-15H,3H2,(H2,10,11,16);2,4-6,8-11H,1,3H2;(H3,1,2,3,4)/t4-,6-,7-,8-;;/m1../s1. The van der Waals surface area contributed by atoms with Crippen LogP contribution in [0.5, 0.6) is 0 Å². The van der Waals surface area contributed by atoms with Crippen molar-refractivity contribution in [3.63, 3.8) is 0 Å². The Morgan fingerprint density at radius 2 is 1.70 bits per heavy atom. The Hall–Kier alpha value is -1.86. The molecule has 17 nitrogen and oxygen atoms in total. The summed E-state index contributed by atoms with van der Waals surface area (Å²) in [6.45, 7) is -1.09. The van der Waals surface area contributed by atoms with Crippen LogP contribution in [-0.4, -0.2) is 116 Å². The summed E-state index contributed by atoms with van der Waals surface area (Å²) in [7, 11) is -4.64. The lowest BCUT2D eigenvalue weighted by Gasteiger charge is -2.19. The van der Waals surface area contributed by atoms with Gasteiger partial charge in [0, 0.05) is 12.6 Å². The highest BCUT2D eigenvalue weighted by molar-refractivity contribution is 7.45. The fourth-order valence-electron chi connectivity index (χ4n) is 2.33. The van der Waals surface area contributed by atoms with Gasteiger partial charge in [0.25, 0.3) is 0 Å². The van der Waals surface area contributed by atoms with Crippen LogP contribution in [-0.2, 0) is 14.1 Å². The van der Waals surface area contributed by atoms with E-state index in [4.69, 9.17) is 55.2 Å². The summed E-state index contributed by atoms with van der Waals surface area (Å²) in [4.78, 5) is 46.4. The molecule has 192 valence electrons. The average molecular weight is 505 g/mol. The van der Waals surface area contributed by atoms with Gasteiger partial charge in [0.15, 0.2) is 6.23 Å². The monoisotopic (exact) mass is 505 g/mol. The molecule has 12 N–H and O–H groups in total. The Morgan fingerprint density at radius 3 is 2.09 bits per heavy atom. The molecule has 1 aromatic heterocycles. The lowest BCUT2D eigenvalue weighted by Crippen LogP contribution is -2.39. The Labute approximate surface area is 185 Å². The Morgan fingerprint density at radius 1 is 1.15 bits per heavy atom. The van der Waals surface area contributed by atoms with Gasteiger partial charge in [0.2, 0.25) is 0 Å². The molecule has 1 aliphatic heterocycles. The van der Waals surface area contributed by atoms with Crippen molar-refractivity contribution in [3.8, 4) is 0 Å². The predicted octanol–water partition coefficient (Wildman–Crippen LogP) is -5.84. The summed E-state index contributed by atoms with van der Waals surface area (Å²) in [5.74, 6) is 0.0537. The first-order chi connectivity index (χ1) is 15.2. The fourth-order valence-corrected chi connectivity index (χ4v) is 2.33. The van der Waals surface area contributed by atoms with E-state index >= 15 is 0 Å². The maximum absolute atomic E-state index is 11.5. The zero-order valence-corrected chi connectivity index (χ0v) is 17.8. The molecule has 33 heavy (non-hydrogen) atoms. The molecule has 0 radical (unpaired) electrons. The molecule has 18 heteroatoms. The van der Waals surface area contributed by atoms with Gasteiger partial charge in [-0.15, -0.1) is 0 Å². The van der Waals surface area contributed by atoms with Crippen molar-refractivity contribution in [1.82, 2.24) is 9.55 Å². The number of aromatic nitrogens is 2. The summed E-state index contributed by atoms with van der Waals surface area (Å²) >= 11 is 0. The van der Waals surface area contributed by atoms with E-state index in [1.54, 1.807) is 0 Å². The number of nitrogens with two attached hydrogens (primary N) is 1. The van der Waals surface area contributed by atoms with Crippen molar-refractivity contribution in [2.45, 2.75) is 49.3 Å². The number of nitrogens with zero attached hydrogens (tertiary/aromatic N) is 2. The third-order valence-electron chi connectivity index (χ3n) is 3.96. The van der Waals surface area contributed by atoms with E-state index in [2.05, 4.69) is 4.98 Å². The molecule has 3 unspecified atom stereocenters. The minimum absolute atomic E-state index is 0.0537. The number of aldehydes is 1. The second kappa shape index (κ2) is 14.4. The van der Waals surface area contributed by atoms with Crippen molar-refractivity contribution in [3.05, 3.63) is 22.7 Å². The number of aliphatic hydroxyl groups is 7. The van der Waals surface area contributed by atoms with Gasteiger partial charge < -0.3 is 65.7 Å². The Bertz CT molecular complexity index is 811. The zero-order chi connectivity index (χ0) is 25.9. The van der Waals surface area contributed by atoms with E-state index in [0.29, 0.717) is 6.29 Å². The number of hydrogen-bond acceptors (Lipinski definition) is 13. The highest BCUT2D eigenvalue weighted by Gasteiger charge is 2.43. The van der Waals surface area contributed by atoms with Crippen molar-refractivity contribution < 1.29 is 64.5 Å². The molecule has 7 atom stereocenters. The molecule has 0 aromatic carbocycles. The van der Waals surface area contributed by atoms with Crippen LogP contribution in [0.4, 0.5) is 5.82 Å². The number of hydrogen-bond donors (Lipinski definition) is 11. The van der Waals surface area contributed by atoms with Crippen LogP contribution in [0.2, 0.25) is 0 Å². The second-order valence-electron chi connectivity index (χ2n) is 6.49. The maximum Gasteiger partial charge on any atom is 0.466 e. The van der Waals surface area contributed by atoms with E-state index < -0.39 is 69.6 Å². The quantitative estimate of drug-likeness (QED) is 0.121. The maximum atomic E-state index is 11.5. The number of phosphoric acid groups is 1. The molecule has 1 fully saturated rings. The zero-order valence-electron chi connectivity index (χ0n) is 16.9. The number of carbonyl (C=O) groups excluding carboxylic acids is 1. The second-order valence-corrected chi connectivity index (χ2v) is 7.52. The highest BCUT2D eigenvalue weighted by Crippen LogP contribution is 2.28. The summed E-state index contributed by atoms with van der Waals surface area (Å²) in [6, 6.07) is 1.37. The highest BCUT2D eigenvalue weighted by atomic mass is 31.2. The number of ether oxygens (including phenoxy) is 1. The largest absolute Gasteiger partial charge is 0.466 e. The van der Waals surface area contributed by atoms with Crippen LogP contribution in [0.1, 0.15) is 12.6 Å². The van der Waals surface area contributed by atoms with Crippen LogP contribution >= 0.6 is 7.82 Å². The molecule has 0 spiro atoms. The first-order valence-corrected chi connectivity index (χ1v) is 10.6. The molecular formula is C15H28N3O14P. The van der Waals surface area contributed by atoms with Crippen LogP contribution < -0.4 is 11.4 Å². The van der Waals surface area contributed by atoms with Gasteiger partial charge in [0.05, 0.1) is 19.3 Å². The van der Waals surface area contributed by atoms with Gasteiger partial charge in [-0.2, -0.15) is 4.98 Å².